The first-order valence-electron chi connectivity index (χ1n) is 11.6. The summed E-state index contributed by atoms with van der Waals surface area (Å²) in [6, 6.07) is 6.75. The molecule has 32 heavy (non-hydrogen) atoms. The Bertz CT molecular complexity index is 927. The standard InChI is InChI=1S/C25H34F2N4O/c1-15(28-3)5-4-8-32-20-6-7-21-18(11-20)12-22-24(21)30-31-25(22)29-14-19-9-17(13-26)10-23(27)16(19)2/h6-7,10-11,15,17,22,25,28-29,31H,4-5,8-9,12-14H2,1-3H3/t15-,17?,22?,25?/m0/s1. The fourth-order valence-corrected chi connectivity index (χ4v) is 4.74. The van der Waals surface area contributed by atoms with E-state index in [1.54, 1.807) is 6.92 Å². The highest BCUT2D eigenvalue weighted by molar-refractivity contribution is 6.07. The summed E-state index contributed by atoms with van der Waals surface area (Å²) in [4.78, 5) is 0. The Morgan fingerprint density at radius 3 is 2.94 bits per heavy atom. The quantitative estimate of drug-likeness (QED) is 0.478. The molecule has 4 rings (SSSR count). The van der Waals surface area contributed by atoms with Crippen molar-refractivity contribution < 1.29 is 13.5 Å². The molecule has 3 aliphatic rings. The molecule has 5 nitrogen and oxygen atoms in total. The lowest BCUT2D eigenvalue weighted by atomic mass is 9.90. The van der Waals surface area contributed by atoms with Gasteiger partial charge in [-0.2, -0.15) is 5.10 Å². The van der Waals surface area contributed by atoms with E-state index in [4.69, 9.17) is 4.74 Å². The first kappa shape index (κ1) is 22.9. The smallest absolute Gasteiger partial charge is 0.122 e. The summed E-state index contributed by atoms with van der Waals surface area (Å²) in [5.74, 6) is 0.461. The molecule has 0 saturated heterocycles. The number of alkyl halides is 1. The van der Waals surface area contributed by atoms with Gasteiger partial charge in [-0.05, 0) is 87.6 Å². The van der Waals surface area contributed by atoms with E-state index in [0.29, 0.717) is 31.2 Å². The van der Waals surface area contributed by atoms with Gasteiger partial charge >= 0.3 is 0 Å². The van der Waals surface area contributed by atoms with E-state index in [1.165, 1.54) is 17.2 Å². The second-order valence-corrected chi connectivity index (χ2v) is 9.16. The van der Waals surface area contributed by atoms with E-state index >= 15 is 0 Å². The molecule has 0 amide bonds. The van der Waals surface area contributed by atoms with Gasteiger partial charge in [0.15, 0.2) is 0 Å². The van der Waals surface area contributed by atoms with Crippen LogP contribution in [0.2, 0.25) is 0 Å². The van der Waals surface area contributed by atoms with Crippen LogP contribution in [0.4, 0.5) is 8.78 Å². The highest BCUT2D eigenvalue weighted by Gasteiger charge is 2.39. The molecule has 0 spiro atoms. The molecule has 0 radical (unpaired) electrons. The Morgan fingerprint density at radius 1 is 1.31 bits per heavy atom. The Kier molecular flexibility index (Phi) is 7.26. The number of hydrazone groups is 1. The number of rotatable bonds is 10. The molecule has 3 N–H and O–H groups in total. The Morgan fingerprint density at radius 2 is 2.16 bits per heavy atom. The largest absolute Gasteiger partial charge is 0.494 e. The minimum absolute atomic E-state index is 0.0251. The van der Waals surface area contributed by atoms with Crippen molar-refractivity contribution in [1.29, 1.82) is 0 Å². The number of nitrogens with zero attached hydrogens (tertiary/aromatic N) is 1. The minimum Gasteiger partial charge on any atom is -0.494 e. The molecule has 0 aromatic heterocycles. The molecule has 3 unspecified atom stereocenters. The van der Waals surface area contributed by atoms with Crippen molar-refractivity contribution in [3.8, 4) is 5.75 Å². The molecule has 1 heterocycles. The second kappa shape index (κ2) is 10.1. The van der Waals surface area contributed by atoms with Gasteiger partial charge in [0, 0.05) is 30.0 Å². The normalized spacial score (nSPS) is 25.1. The summed E-state index contributed by atoms with van der Waals surface area (Å²) >= 11 is 0. The molecule has 1 aromatic rings. The van der Waals surface area contributed by atoms with E-state index in [0.717, 1.165) is 36.3 Å². The molecule has 4 atom stereocenters. The molecular weight excluding hydrogens is 410 g/mol. The van der Waals surface area contributed by atoms with E-state index in [-0.39, 0.29) is 23.8 Å². The summed E-state index contributed by atoms with van der Waals surface area (Å²) in [5.41, 5.74) is 8.24. The zero-order chi connectivity index (χ0) is 22.7. The Balaban J connectivity index is 1.33. The SMILES string of the molecule is CN[C@@H](C)CCCOc1ccc2c(c1)CC1C2=NNC1NCC1=C(C)C(F)=CC(CF)C1. The second-order valence-electron chi connectivity index (χ2n) is 9.16. The van der Waals surface area contributed by atoms with E-state index in [9.17, 15) is 8.78 Å². The molecule has 7 heteroatoms. The third kappa shape index (κ3) is 4.89. The van der Waals surface area contributed by atoms with Gasteiger partial charge in [0.2, 0.25) is 0 Å². The molecule has 2 aliphatic carbocycles. The van der Waals surface area contributed by atoms with Crippen LogP contribution in [0.1, 0.15) is 44.2 Å². The first-order valence-corrected chi connectivity index (χ1v) is 11.6. The van der Waals surface area contributed by atoms with Crippen molar-refractivity contribution in [2.24, 2.45) is 16.9 Å². The summed E-state index contributed by atoms with van der Waals surface area (Å²) < 4.78 is 33.2. The lowest BCUT2D eigenvalue weighted by Gasteiger charge is -2.24. The zero-order valence-electron chi connectivity index (χ0n) is 19.2. The van der Waals surface area contributed by atoms with Gasteiger partial charge in [-0.25, -0.2) is 4.39 Å². The lowest BCUT2D eigenvalue weighted by Crippen LogP contribution is -2.44. The van der Waals surface area contributed by atoms with Crippen LogP contribution in [0, 0.1) is 11.8 Å². The number of hydrogen-bond acceptors (Lipinski definition) is 5. The van der Waals surface area contributed by atoms with Crippen LogP contribution in [0.15, 0.2) is 46.3 Å². The number of hydrogen-bond donors (Lipinski definition) is 3. The topological polar surface area (TPSA) is 57.7 Å². The number of ether oxygens (including phenoxy) is 1. The maximum absolute atomic E-state index is 14.1. The summed E-state index contributed by atoms with van der Waals surface area (Å²) in [6.45, 7) is 4.65. The fourth-order valence-electron chi connectivity index (χ4n) is 4.74. The molecule has 0 fully saturated rings. The van der Waals surface area contributed by atoms with Gasteiger partial charge in [0.1, 0.15) is 17.7 Å². The summed E-state index contributed by atoms with van der Waals surface area (Å²) in [5, 5.41) is 11.3. The van der Waals surface area contributed by atoms with Crippen LogP contribution in [-0.2, 0) is 6.42 Å². The highest BCUT2D eigenvalue weighted by Crippen LogP contribution is 2.35. The maximum Gasteiger partial charge on any atom is 0.122 e. The van der Waals surface area contributed by atoms with Crippen molar-refractivity contribution in [3.63, 3.8) is 0 Å². The van der Waals surface area contributed by atoms with Crippen LogP contribution in [0.3, 0.4) is 0 Å². The van der Waals surface area contributed by atoms with E-state index < -0.39 is 6.67 Å². The summed E-state index contributed by atoms with van der Waals surface area (Å²) in [6.07, 6.45) is 4.92. The van der Waals surface area contributed by atoms with Crippen molar-refractivity contribution in [2.45, 2.75) is 51.7 Å². The molecule has 174 valence electrons. The molecule has 1 aromatic carbocycles. The predicted molar refractivity (Wildman–Crippen MR) is 124 cm³/mol. The van der Waals surface area contributed by atoms with E-state index in [1.807, 2.05) is 13.1 Å². The number of allylic oxidation sites excluding steroid dienone is 3. The van der Waals surface area contributed by atoms with Crippen molar-refractivity contribution >= 4 is 5.71 Å². The predicted octanol–water partition coefficient (Wildman–Crippen LogP) is 4.01. The minimum atomic E-state index is -0.532. The maximum atomic E-state index is 14.1. The van der Waals surface area contributed by atoms with Gasteiger partial charge in [-0.3, -0.25) is 15.1 Å². The fraction of sp³-hybridized carbons (Fsp3) is 0.560. The third-order valence-corrected chi connectivity index (χ3v) is 6.93. The van der Waals surface area contributed by atoms with Gasteiger partial charge in [0.25, 0.3) is 0 Å². The van der Waals surface area contributed by atoms with Gasteiger partial charge < -0.3 is 10.1 Å². The first-order chi connectivity index (χ1) is 15.5. The van der Waals surface area contributed by atoms with Gasteiger partial charge in [-0.15, -0.1) is 0 Å². The van der Waals surface area contributed by atoms with Gasteiger partial charge in [-0.1, -0.05) is 0 Å². The van der Waals surface area contributed by atoms with Crippen LogP contribution in [-0.4, -0.2) is 44.8 Å². The summed E-state index contributed by atoms with van der Waals surface area (Å²) in [7, 11) is 1.98. The zero-order valence-corrected chi connectivity index (χ0v) is 19.2. The Hall–Kier alpha value is -2.25. The highest BCUT2D eigenvalue weighted by atomic mass is 19.1. The van der Waals surface area contributed by atoms with Crippen molar-refractivity contribution in [1.82, 2.24) is 16.1 Å². The number of benzene rings is 1. The molecular formula is C25H34F2N4O. The molecule has 0 bridgehead atoms. The van der Waals surface area contributed by atoms with Crippen LogP contribution < -0.4 is 20.8 Å². The molecule has 1 aliphatic heterocycles. The number of fused-ring (bicyclic) bond motifs is 3. The van der Waals surface area contributed by atoms with E-state index in [2.05, 4.69) is 40.2 Å². The van der Waals surface area contributed by atoms with Crippen LogP contribution in [0.5, 0.6) is 5.75 Å². The number of nitrogens with one attached hydrogen (secondary N) is 3. The van der Waals surface area contributed by atoms with Crippen molar-refractivity contribution in [2.75, 3.05) is 26.9 Å². The third-order valence-electron chi connectivity index (χ3n) is 6.93. The molecule has 0 saturated carbocycles. The number of halogens is 2. The van der Waals surface area contributed by atoms with Crippen LogP contribution in [0.25, 0.3) is 0 Å². The van der Waals surface area contributed by atoms with Crippen molar-refractivity contribution in [3.05, 3.63) is 52.4 Å². The van der Waals surface area contributed by atoms with Gasteiger partial charge in [0.05, 0.1) is 19.0 Å². The Labute approximate surface area is 189 Å². The average Bonchev–Trinajstić information content (AvgIpc) is 3.36. The monoisotopic (exact) mass is 444 g/mol. The van der Waals surface area contributed by atoms with Crippen LogP contribution >= 0.6 is 0 Å². The lowest BCUT2D eigenvalue weighted by molar-refractivity contribution is 0.299. The average molecular weight is 445 g/mol.